The van der Waals surface area contributed by atoms with Gasteiger partial charge in [0.25, 0.3) is 0 Å². The lowest BCUT2D eigenvalue weighted by Gasteiger charge is -2.06. The Labute approximate surface area is 100 Å². The lowest BCUT2D eigenvalue weighted by Crippen LogP contribution is -1.88. The molecule has 16 heavy (non-hydrogen) atoms. The molecule has 0 heterocycles. The molecule has 0 atom stereocenters. The van der Waals surface area contributed by atoms with Crippen LogP contribution in [0.1, 0.15) is 17.5 Å². The van der Waals surface area contributed by atoms with Gasteiger partial charge in [0.1, 0.15) is 0 Å². The van der Waals surface area contributed by atoms with Crippen LogP contribution < -0.4 is 4.74 Å². The van der Waals surface area contributed by atoms with Gasteiger partial charge in [-0.1, -0.05) is 12.2 Å². The van der Waals surface area contributed by atoms with Gasteiger partial charge in [-0.3, -0.25) is 0 Å². The number of phenols is 1. The number of nitrogens with zero attached hydrogens (tertiary/aromatic N) is 1. The summed E-state index contributed by atoms with van der Waals surface area (Å²) in [5, 5.41) is 18.6. The molecule has 0 amide bonds. The highest BCUT2D eigenvalue weighted by molar-refractivity contribution is 7.80. The van der Waals surface area contributed by atoms with Gasteiger partial charge < -0.3 is 9.84 Å². The quantitative estimate of drug-likeness (QED) is 0.789. The van der Waals surface area contributed by atoms with E-state index in [1.54, 1.807) is 12.1 Å². The van der Waals surface area contributed by atoms with Crippen LogP contribution in [0, 0.1) is 11.3 Å². The van der Waals surface area contributed by atoms with Gasteiger partial charge in [-0.25, -0.2) is 0 Å². The number of aromatic hydroxyl groups is 1. The Balaban J connectivity index is 3.12. The number of ether oxygens (including phenoxy) is 1. The van der Waals surface area contributed by atoms with Crippen LogP contribution in [0.5, 0.6) is 11.5 Å². The summed E-state index contributed by atoms with van der Waals surface area (Å²) in [6.07, 6.45) is 4.46. The van der Waals surface area contributed by atoms with Crippen molar-refractivity contribution in [1.29, 1.82) is 5.26 Å². The summed E-state index contributed by atoms with van der Waals surface area (Å²) in [6.45, 7) is 0. The van der Waals surface area contributed by atoms with Crippen LogP contribution in [0.15, 0.2) is 18.2 Å². The SMILES string of the molecule is COc1cc(C#N)cc(C=CCCS)c1O. The van der Waals surface area contributed by atoms with Gasteiger partial charge in [0.2, 0.25) is 0 Å². The number of nitriles is 1. The lowest BCUT2D eigenvalue weighted by atomic mass is 10.1. The summed E-state index contributed by atoms with van der Waals surface area (Å²) in [5.41, 5.74) is 1.04. The van der Waals surface area contributed by atoms with Gasteiger partial charge in [-0.15, -0.1) is 0 Å². The van der Waals surface area contributed by atoms with Crippen molar-refractivity contribution in [3.8, 4) is 17.6 Å². The molecule has 0 spiro atoms. The molecule has 0 aliphatic carbocycles. The molecule has 1 aromatic carbocycles. The van der Waals surface area contributed by atoms with Crippen molar-refractivity contribution in [2.75, 3.05) is 12.9 Å². The molecule has 0 aromatic heterocycles. The van der Waals surface area contributed by atoms with Crippen molar-refractivity contribution in [3.63, 3.8) is 0 Å². The summed E-state index contributed by atoms with van der Waals surface area (Å²) in [5.74, 6) is 1.10. The molecule has 0 fully saturated rings. The minimum atomic E-state index is 0.0527. The maximum absolute atomic E-state index is 9.80. The third-order valence-electron chi connectivity index (χ3n) is 2.05. The summed E-state index contributed by atoms with van der Waals surface area (Å²) >= 11 is 4.08. The number of allylic oxidation sites excluding steroid dienone is 1. The maximum Gasteiger partial charge on any atom is 0.165 e. The summed E-state index contributed by atoms with van der Waals surface area (Å²) in [4.78, 5) is 0. The molecule has 0 unspecified atom stereocenters. The van der Waals surface area contributed by atoms with Crippen molar-refractivity contribution in [2.45, 2.75) is 6.42 Å². The average molecular weight is 235 g/mol. The van der Waals surface area contributed by atoms with E-state index in [-0.39, 0.29) is 5.75 Å². The van der Waals surface area contributed by atoms with E-state index >= 15 is 0 Å². The molecule has 3 nitrogen and oxygen atoms in total. The molecule has 0 bridgehead atoms. The standard InChI is InChI=1S/C12H13NO2S/c1-15-11-7-9(8-13)6-10(12(11)14)4-2-3-5-16/h2,4,6-7,14,16H,3,5H2,1H3. The highest BCUT2D eigenvalue weighted by Crippen LogP contribution is 2.32. The first-order chi connectivity index (χ1) is 7.72. The van der Waals surface area contributed by atoms with Crippen molar-refractivity contribution < 1.29 is 9.84 Å². The second-order valence-electron chi connectivity index (χ2n) is 3.14. The van der Waals surface area contributed by atoms with E-state index in [1.165, 1.54) is 13.2 Å². The third kappa shape index (κ3) is 2.94. The highest BCUT2D eigenvalue weighted by Gasteiger charge is 2.08. The molecule has 0 radical (unpaired) electrons. The Bertz CT molecular complexity index is 435. The molecular weight excluding hydrogens is 222 g/mol. The van der Waals surface area contributed by atoms with Gasteiger partial charge in [0.05, 0.1) is 18.7 Å². The number of hydrogen-bond acceptors (Lipinski definition) is 4. The van der Waals surface area contributed by atoms with E-state index in [9.17, 15) is 5.11 Å². The number of benzene rings is 1. The zero-order chi connectivity index (χ0) is 12.0. The monoisotopic (exact) mass is 235 g/mol. The number of rotatable bonds is 4. The molecular formula is C12H13NO2S. The zero-order valence-corrected chi connectivity index (χ0v) is 9.87. The van der Waals surface area contributed by atoms with Gasteiger partial charge in [-0.05, 0) is 18.2 Å². The summed E-state index contributed by atoms with van der Waals surface area (Å²) in [7, 11) is 1.46. The Hall–Kier alpha value is -1.60. The number of thiol groups is 1. The molecule has 4 heteroatoms. The van der Waals surface area contributed by atoms with E-state index in [1.807, 2.05) is 12.1 Å². The Morgan fingerprint density at radius 3 is 2.88 bits per heavy atom. The Morgan fingerprint density at radius 2 is 2.31 bits per heavy atom. The maximum atomic E-state index is 9.80. The van der Waals surface area contributed by atoms with Crippen molar-refractivity contribution in [2.24, 2.45) is 0 Å². The first-order valence-corrected chi connectivity index (χ1v) is 5.44. The van der Waals surface area contributed by atoms with E-state index in [2.05, 4.69) is 12.6 Å². The topological polar surface area (TPSA) is 53.2 Å². The van der Waals surface area contributed by atoms with Gasteiger partial charge >= 0.3 is 0 Å². The Kier molecular flexibility index (Phi) is 4.74. The predicted octanol–water partition coefficient (Wildman–Crippen LogP) is 2.61. The van der Waals surface area contributed by atoms with Crippen LogP contribution in [-0.2, 0) is 0 Å². The van der Waals surface area contributed by atoms with Crippen molar-refractivity contribution >= 4 is 18.7 Å². The van der Waals surface area contributed by atoms with E-state index in [0.29, 0.717) is 16.9 Å². The first kappa shape index (κ1) is 12.5. The van der Waals surface area contributed by atoms with Crippen LogP contribution in [-0.4, -0.2) is 18.0 Å². The molecule has 0 saturated carbocycles. The smallest absolute Gasteiger partial charge is 0.165 e. The van der Waals surface area contributed by atoms with Crippen LogP contribution >= 0.6 is 12.6 Å². The second kappa shape index (κ2) is 6.09. The minimum absolute atomic E-state index is 0.0527. The molecule has 0 aliphatic heterocycles. The fraction of sp³-hybridized carbons (Fsp3) is 0.250. The second-order valence-corrected chi connectivity index (χ2v) is 3.59. The Morgan fingerprint density at radius 1 is 1.56 bits per heavy atom. The van der Waals surface area contributed by atoms with Crippen LogP contribution in [0.3, 0.4) is 0 Å². The van der Waals surface area contributed by atoms with Crippen molar-refractivity contribution in [3.05, 3.63) is 29.3 Å². The van der Waals surface area contributed by atoms with Gasteiger partial charge in [0, 0.05) is 11.6 Å². The fourth-order valence-corrected chi connectivity index (χ4v) is 1.41. The zero-order valence-electron chi connectivity index (χ0n) is 8.97. The molecule has 1 rings (SSSR count). The number of phenolic OH excluding ortho intramolecular Hbond substituents is 1. The third-order valence-corrected chi connectivity index (χ3v) is 2.30. The first-order valence-electron chi connectivity index (χ1n) is 4.81. The van der Waals surface area contributed by atoms with Crippen molar-refractivity contribution in [1.82, 2.24) is 0 Å². The molecule has 0 saturated heterocycles. The molecule has 0 aliphatic rings. The highest BCUT2D eigenvalue weighted by atomic mass is 32.1. The minimum Gasteiger partial charge on any atom is -0.504 e. The lowest BCUT2D eigenvalue weighted by molar-refractivity contribution is 0.373. The van der Waals surface area contributed by atoms with E-state index in [0.717, 1.165) is 12.2 Å². The van der Waals surface area contributed by atoms with Gasteiger partial charge in [0.15, 0.2) is 11.5 Å². The molecule has 84 valence electrons. The summed E-state index contributed by atoms with van der Waals surface area (Å²) < 4.78 is 4.98. The van der Waals surface area contributed by atoms with E-state index in [4.69, 9.17) is 10.00 Å². The molecule has 1 N–H and O–H groups in total. The number of hydrogen-bond donors (Lipinski definition) is 2. The normalized spacial score (nSPS) is 10.3. The largest absolute Gasteiger partial charge is 0.504 e. The average Bonchev–Trinajstić information content (AvgIpc) is 2.31. The fourth-order valence-electron chi connectivity index (χ4n) is 1.26. The van der Waals surface area contributed by atoms with Crippen LogP contribution in [0.25, 0.3) is 6.08 Å². The van der Waals surface area contributed by atoms with E-state index < -0.39 is 0 Å². The number of methoxy groups -OCH3 is 1. The van der Waals surface area contributed by atoms with Gasteiger partial charge in [-0.2, -0.15) is 17.9 Å². The molecule has 1 aromatic rings. The summed E-state index contributed by atoms with van der Waals surface area (Å²) in [6, 6.07) is 5.14. The van der Waals surface area contributed by atoms with Crippen LogP contribution in [0.4, 0.5) is 0 Å². The van der Waals surface area contributed by atoms with Crippen LogP contribution in [0.2, 0.25) is 0 Å². The predicted molar refractivity (Wildman–Crippen MR) is 66.9 cm³/mol.